The van der Waals surface area contributed by atoms with Gasteiger partial charge in [-0.15, -0.1) is 0 Å². The summed E-state index contributed by atoms with van der Waals surface area (Å²) in [5, 5.41) is 0. The standard InChI is InChI=1S/C64H110O6/c1-4-7-10-13-16-19-22-25-28-30-32-34-36-39-42-45-48-51-54-57-63(66)69-60-61(59-68-62(65)56-53-50-47-44-41-38-35-27-24-21-18-15-12-9-6-3)70-64(67)58-55-52-49-46-43-40-37-33-31-29-26-23-20-17-14-11-8-5-2/h7,10,16,19,21,24-25,28,32-34,37,39,42,61H,4-6,8-9,11-15,17-18,20,22-23,26-27,29-31,35-36,38,40-41,43-60H2,1-3H3/b10-7-,19-16-,24-21-,28-25-,34-32-,37-33-,42-39-. The zero-order valence-electron chi connectivity index (χ0n) is 46.0. The van der Waals surface area contributed by atoms with Gasteiger partial charge < -0.3 is 14.2 Å². The second-order valence-electron chi connectivity index (χ2n) is 19.5. The van der Waals surface area contributed by atoms with Crippen LogP contribution in [0.5, 0.6) is 0 Å². The van der Waals surface area contributed by atoms with E-state index in [1.54, 1.807) is 0 Å². The van der Waals surface area contributed by atoms with E-state index < -0.39 is 6.10 Å². The van der Waals surface area contributed by atoms with Crippen LogP contribution < -0.4 is 0 Å². The number of carbonyl (C=O) groups is 3. The number of unbranched alkanes of at least 4 members (excludes halogenated alkanes) is 28. The Kier molecular flexibility index (Phi) is 55.3. The van der Waals surface area contributed by atoms with Crippen LogP contribution in [0.2, 0.25) is 0 Å². The molecule has 0 aliphatic heterocycles. The molecule has 0 N–H and O–H groups in total. The van der Waals surface area contributed by atoms with Crippen molar-refractivity contribution in [1.29, 1.82) is 0 Å². The predicted molar refractivity (Wildman–Crippen MR) is 302 cm³/mol. The van der Waals surface area contributed by atoms with E-state index in [2.05, 4.69) is 106 Å². The van der Waals surface area contributed by atoms with Crippen LogP contribution in [-0.4, -0.2) is 37.2 Å². The molecule has 1 atom stereocenters. The van der Waals surface area contributed by atoms with Gasteiger partial charge in [-0.3, -0.25) is 14.4 Å². The van der Waals surface area contributed by atoms with Crippen LogP contribution in [0.3, 0.4) is 0 Å². The van der Waals surface area contributed by atoms with Crippen LogP contribution in [-0.2, 0) is 28.6 Å². The Labute approximate surface area is 433 Å². The van der Waals surface area contributed by atoms with E-state index in [-0.39, 0.29) is 31.1 Å². The summed E-state index contributed by atoms with van der Waals surface area (Å²) in [5.41, 5.74) is 0. The fraction of sp³-hybridized carbons (Fsp3) is 0.734. The highest BCUT2D eigenvalue weighted by Gasteiger charge is 2.19. The summed E-state index contributed by atoms with van der Waals surface area (Å²) in [6, 6.07) is 0. The van der Waals surface area contributed by atoms with Crippen molar-refractivity contribution in [3.05, 3.63) is 85.1 Å². The fourth-order valence-electron chi connectivity index (χ4n) is 8.16. The zero-order valence-corrected chi connectivity index (χ0v) is 46.0. The van der Waals surface area contributed by atoms with Gasteiger partial charge in [0.1, 0.15) is 13.2 Å². The summed E-state index contributed by atoms with van der Waals surface area (Å²) in [6.45, 7) is 6.49. The van der Waals surface area contributed by atoms with Gasteiger partial charge in [-0.25, -0.2) is 0 Å². The molecule has 0 fully saturated rings. The van der Waals surface area contributed by atoms with Crippen molar-refractivity contribution in [2.75, 3.05) is 13.2 Å². The first kappa shape index (κ1) is 66.6. The molecular weight excluding hydrogens is 865 g/mol. The lowest BCUT2D eigenvalue weighted by Gasteiger charge is -2.18. The van der Waals surface area contributed by atoms with Crippen molar-refractivity contribution in [3.8, 4) is 0 Å². The highest BCUT2D eigenvalue weighted by molar-refractivity contribution is 5.71. The molecule has 0 heterocycles. The van der Waals surface area contributed by atoms with Gasteiger partial charge in [0.25, 0.3) is 0 Å². The van der Waals surface area contributed by atoms with Crippen molar-refractivity contribution < 1.29 is 28.6 Å². The van der Waals surface area contributed by atoms with Gasteiger partial charge in [-0.05, 0) is 116 Å². The molecule has 0 saturated carbocycles. The third-order valence-electron chi connectivity index (χ3n) is 12.6. The van der Waals surface area contributed by atoms with Crippen LogP contribution in [0, 0.1) is 0 Å². The summed E-state index contributed by atoms with van der Waals surface area (Å²) in [6.07, 6.45) is 75.7. The molecule has 0 radical (unpaired) electrons. The maximum atomic E-state index is 12.9. The fourth-order valence-corrected chi connectivity index (χ4v) is 8.16. The van der Waals surface area contributed by atoms with E-state index in [0.717, 1.165) is 109 Å². The molecule has 70 heavy (non-hydrogen) atoms. The number of hydrogen-bond donors (Lipinski definition) is 0. The highest BCUT2D eigenvalue weighted by Crippen LogP contribution is 2.15. The summed E-state index contributed by atoms with van der Waals surface area (Å²) >= 11 is 0. The van der Waals surface area contributed by atoms with Gasteiger partial charge in [0, 0.05) is 19.3 Å². The topological polar surface area (TPSA) is 78.9 Å². The minimum Gasteiger partial charge on any atom is -0.462 e. The number of rotatable bonds is 53. The number of hydrogen-bond acceptors (Lipinski definition) is 6. The lowest BCUT2D eigenvalue weighted by atomic mass is 10.1. The maximum Gasteiger partial charge on any atom is 0.306 e. The van der Waals surface area contributed by atoms with Gasteiger partial charge in [-0.1, -0.05) is 234 Å². The molecule has 6 nitrogen and oxygen atoms in total. The van der Waals surface area contributed by atoms with Gasteiger partial charge >= 0.3 is 17.9 Å². The van der Waals surface area contributed by atoms with Crippen LogP contribution in [0.1, 0.15) is 284 Å². The third kappa shape index (κ3) is 55.5. The SMILES string of the molecule is CC/C=C\C/C=C\C/C=C\C/C=C\C/C=C\CCCCCC(=O)OCC(COC(=O)CCCCCCCCC/C=C\CCCCCC)OC(=O)CCCCCCC/C=C\CCCCCCCCCCC. The molecule has 0 saturated heterocycles. The Morgan fingerprint density at radius 3 is 0.914 bits per heavy atom. The average molecular weight is 976 g/mol. The highest BCUT2D eigenvalue weighted by atomic mass is 16.6. The van der Waals surface area contributed by atoms with E-state index >= 15 is 0 Å². The average Bonchev–Trinajstić information content (AvgIpc) is 3.36. The Hall–Kier alpha value is -3.41. The van der Waals surface area contributed by atoms with Crippen molar-refractivity contribution >= 4 is 17.9 Å². The van der Waals surface area contributed by atoms with Crippen molar-refractivity contribution in [3.63, 3.8) is 0 Å². The number of allylic oxidation sites excluding steroid dienone is 14. The molecule has 6 heteroatoms. The molecule has 0 rings (SSSR count). The molecule has 1 unspecified atom stereocenters. The Morgan fingerprint density at radius 2 is 0.557 bits per heavy atom. The monoisotopic (exact) mass is 975 g/mol. The third-order valence-corrected chi connectivity index (χ3v) is 12.6. The second-order valence-corrected chi connectivity index (χ2v) is 19.5. The van der Waals surface area contributed by atoms with Crippen LogP contribution in [0.4, 0.5) is 0 Å². The largest absolute Gasteiger partial charge is 0.462 e. The molecule has 0 aliphatic rings. The number of carbonyl (C=O) groups excluding carboxylic acids is 3. The minimum absolute atomic E-state index is 0.0923. The Bertz CT molecular complexity index is 1350. The summed E-state index contributed by atoms with van der Waals surface area (Å²) in [7, 11) is 0. The van der Waals surface area contributed by atoms with Crippen LogP contribution in [0.15, 0.2) is 85.1 Å². The molecule has 0 aromatic carbocycles. The Morgan fingerprint density at radius 1 is 0.300 bits per heavy atom. The second kappa shape index (κ2) is 58.2. The molecule has 0 aromatic heterocycles. The van der Waals surface area contributed by atoms with E-state index in [1.807, 2.05) is 0 Å². The minimum atomic E-state index is -0.797. The van der Waals surface area contributed by atoms with Crippen molar-refractivity contribution in [2.45, 2.75) is 290 Å². The molecule has 402 valence electrons. The summed E-state index contributed by atoms with van der Waals surface area (Å²) < 4.78 is 16.9. The van der Waals surface area contributed by atoms with Crippen LogP contribution >= 0.6 is 0 Å². The predicted octanol–water partition coefficient (Wildman–Crippen LogP) is 19.9. The first-order valence-corrected chi connectivity index (χ1v) is 29.6. The van der Waals surface area contributed by atoms with Gasteiger partial charge in [0.15, 0.2) is 6.10 Å². The first-order valence-electron chi connectivity index (χ1n) is 29.6. The smallest absolute Gasteiger partial charge is 0.306 e. The quantitative estimate of drug-likeness (QED) is 0.0261. The van der Waals surface area contributed by atoms with Gasteiger partial charge in [0.05, 0.1) is 0 Å². The summed E-state index contributed by atoms with van der Waals surface area (Å²) in [5.74, 6) is -0.931. The normalized spacial score (nSPS) is 12.7. The zero-order chi connectivity index (χ0) is 50.7. The summed E-state index contributed by atoms with van der Waals surface area (Å²) in [4.78, 5) is 38.2. The molecule has 0 spiro atoms. The van der Waals surface area contributed by atoms with E-state index in [9.17, 15) is 14.4 Å². The lowest BCUT2D eigenvalue weighted by molar-refractivity contribution is -0.167. The molecular formula is C64H110O6. The first-order chi connectivity index (χ1) is 34.5. The number of esters is 3. The molecule has 0 amide bonds. The molecule has 0 aliphatic carbocycles. The van der Waals surface area contributed by atoms with Crippen molar-refractivity contribution in [2.24, 2.45) is 0 Å². The van der Waals surface area contributed by atoms with Crippen LogP contribution in [0.25, 0.3) is 0 Å². The lowest BCUT2D eigenvalue weighted by Crippen LogP contribution is -2.30. The van der Waals surface area contributed by atoms with E-state index in [4.69, 9.17) is 14.2 Å². The Balaban J connectivity index is 4.46. The molecule has 0 aromatic rings. The maximum absolute atomic E-state index is 12.9. The molecule has 0 bridgehead atoms. The van der Waals surface area contributed by atoms with Gasteiger partial charge in [-0.2, -0.15) is 0 Å². The van der Waals surface area contributed by atoms with E-state index in [0.29, 0.717) is 19.3 Å². The van der Waals surface area contributed by atoms with Crippen molar-refractivity contribution in [1.82, 2.24) is 0 Å². The number of ether oxygens (including phenoxy) is 3. The van der Waals surface area contributed by atoms with E-state index in [1.165, 1.54) is 135 Å². The van der Waals surface area contributed by atoms with Gasteiger partial charge in [0.2, 0.25) is 0 Å².